The maximum Gasteiger partial charge on any atom is 0.265 e. The molecule has 0 saturated carbocycles. The van der Waals surface area contributed by atoms with Gasteiger partial charge in [-0.15, -0.1) is 0 Å². The van der Waals surface area contributed by atoms with Gasteiger partial charge in [0.15, 0.2) is 0 Å². The van der Waals surface area contributed by atoms with Crippen molar-refractivity contribution in [2.24, 2.45) is 0 Å². The molecular formula is C20H27ClN2O4S. The normalized spacial score (nSPS) is 14.8. The minimum absolute atomic E-state index is 0.0879. The van der Waals surface area contributed by atoms with Gasteiger partial charge in [-0.25, -0.2) is 13.3 Å². The summed E-state index contributed by atoms with van der Waals surface area (Å²) < 4.78 is 26.9. The summed E-state index contributed by atoms with van der Waals surface area (Å²) in [5.41, 5.74) is 0.194. The molecule has 0 aromatic heterocycles. The highest BCUT2D eigenvalue weighted by Crippen LogP contribution is 2.22. The molecule has 0 saturated heterocycles. The zero-order valence-corrected chi connectivity index (χ0v) is 17.8. The summed E-state index contributed by atoms with van der Waals surface area (Å²) in [7, 11) is -3.96. The molecule has 6 nitrogen and oxygen atoms in total. The molecule has 28 heavy (non-hydrogen) atoms. The maximum absolute atomic E-state index is 13.1. The summed E-state index contributed by atoms with van der Waals surface area (Å²) in [5, 5.41) is 10.7. The average molecular weight is 427 g/mol. The lowest BCUT2D eigenvalue weighted by molar-refractivity contribution is -0.181. The Kier molecular flexibility index (Phi) is 8.00. The predicted molar refractivity (Wildman–Crippen MR) is 110 cm³/mol. The molecule has 0 aliphatic carbocycles. The Labute approximate surface area is 172 Å². The predicted octanol–water partition coefficient (Wildman–Crippen LogP) is 3.12. The van der Waals surface area contributed by atoms with E-state index >= 15 is 0 Å². The molecule has 2 rings (SSSR count). The lowest BCUT2D eigenvalue weighted by atomic mass is 10.0. The number of aliphatic hydroxyl groups is 1. The van der Waals surface area contributed by atoms with Crippen molar-refractivity contribution in [3.05, 3.63) is 66.2 Å². The van der Waals surface area contributed by atoms with Crippen LogP contribution in [0.1, 0.15) is 26.3 Å². The zero-order valence-electron chi connectivity index (χ0n) is 16.2. The molecule has 0 radical (unpaired) electrons. The summed E-state index contributed by atoms with van der Waals surface area (Å²) in [6, 6.07) is 16.9. The van der Waals surface area contributed by atoms with Gasteiger partial charge in [0.25, 0.3) is 10.0 Å². The lowest BCUT2D eigenvalue weighted by Gasteiger charge is -2.32. The number of nitrogens with zero attached hydrogens (tertiary/aromatic N) is 1. The van der Waals surface area contributed by atoms with E-state index in [1.807, 2.05) is 30.3 Å². The number of hydroxylamine groups is 1. The number of benzene rings is 2. The Morgan fingerprint density at radius 2 is 1.61 bits per heavy atom. The highest BCUT2D eigenvalue weighted by molar-refractivity contribution is 7.89. The monoisotopic (exact) mass is 426 g/mol. The second-order valence-corrected chi connectivity index (χ2v) is 9.53. The van der Waals surface area contributed by atoms with Crippen molar-refractivity contribution in [1.29, 1.82) is 0 Å². The molecule has 2 atom stereocenters. The molecule has 0 aliphatic rings. The van der Waals surface area contributed by atoms with Gasteiger partial charge in [0.2, 0.25) is 0 Å². The Morgan fingerprint density at radius 1 is 1.07 bits per heavy atom. The summed E-state index contributed by atoms with van der Waals surface area (Å²) in [4.78, 5) is 8.33. The van der Waals surface area contributed by atoms with Crippen molar-refractivity contribution < 1.29 is 18.4 Å². The maximum atomic E-state index is 13.1. The van der Waals surface area contributed by atoms with E-state index in [1.165, 1.54) is 12.1 Å². The largest absolute Gasteiger partial charge is 0.390 e. The smallest absolute Gasteiger partial charge is 0.265 e. The van der Waals surface area contributed by atoms with Crippen LogP contribution in [0.2, 0.25) is 0 Å². The van der Waals surface area contributed by atoms with E-state index in [2.05, 4.69) is 4.84 Å². The fourth-order valence-corrected chi connectivity index (χ4v) is 4.22. The van der Waals surface area contributed by atoms with Crippen LogP contribution in [0.25, 0.3) is 0 Å². The Bertz CT molecular complexity index is 826. The molecule has 0 bridgehead atoms. The number of hydrogen-bond acceptors (Lipinski definition) is 5. The molecule has 2 aromatic carbocycles. The van der Waals surface area contributed by atoms with Gasteiger partial charge in [0.1, 0.15) is 0 Å². The fraction of sp³-hybridized carbons (Fsp3) is 0.400. The van der Waals surface area contributed by atoms with E-state index in [9.17, 15) is 13.5 Å². The third kappa shape index (κ3) is 6.55. The van der Waals surface area contributed by atoms with Crippen LogP contribution in [0.3, 0.4) is 0 Å². The number of sulfonamides is 1. The molecular weight excluding hydrogens is 400 g/mol. The number of aliphatic hydroxyl groups excluding tert-OH is 1. The van der Waals surface area contributed by atoms with Gasteiger partial charge in [0.05, 0.1) is 29.2 Å². The molecule has 154 valence electrons. The van der Waals surface area contributed by atoms with Gasteiger partial charge in [-0.1, -0.05) is 53.0 Å². The second-order valence-electron chi connectivity index (χ2n) is 7.48. The van der Waals surface area contributed by atoms with Crippen molar-refractivity contribution in [3.63, 3.8) is 0 Å². The highest BCUT2D eigenvalue weighted by Gasteiger charge is 2.33. The Morgan fingerprint density at radius 3 is 2.11 bits per heavy atom. The van der Waals surface area contributed by atoms with Crippen LogP contribution in [0.4, 0.5) is 0 Å². The molecule has 0 spiro atoms. The molecule has 0 aliphatic heterocycles. The van der Waals surface area contributed by atoms with Crippen LogP contribution in [-0.4, -0.2) is 42.3 Å². The molecule has 8 heteroatoms. The van der Waals surface area contributed by atoms with Gasteiger partial charge in [0, 0.05) is 0 Å². The van der Waals surface area contributed by atoms with E-state index in [0.717, 1.165) is 10.0 Å². The lowest BCUT2D eigenvalue weighted by Crippen LogP contribution is -2.48. The summed E-state index contributed by atoms with van der Waals surface area (Å²) in [6.45, 7) is 4.96. The minimum atomic E-state index is -3.96. The van der Waals surface area contributed by atoms with Crippen LogP contribution in [-0.2, 0) is 21.3 Å². The van der Waals surface area contributed by atoms with Crippen LogP contribution in [0.5, 0.6) is 0 Å². The SMILES string of the molecule is CC(C)(C)ON(C[C@@H](O)[C@H](Cc1ccccc1)NCl)S(=O)(=O)c1ccccc1. The van der Waals surface area contributed by atoms with Gasteiger partial charge in [-0.2, -0.15) is 0 Å². The third-order valence-electron chi connectivity index (χ3n) is 3.92. The second kappa shape index (κ2) is 9.82. The summed E-state index contributed by atoms with van der Waals surface area (Å²) in [5.74, 6) is 0. The van der Waals surface area contributed by atoms with Crippen molar-refractivity contribution in [3.8, 4) is 0 Å². The summed E-state index contributed by atoms with van der Waals surface area (Å²) in [6.07, 6.45) is -0.668. The van der Waals surface area contributed by atoms with Crippen LogP contribution in [0.15, 0.2) is 65.6 Å². The van der Waals surface area contributed by atoms with Gasteiger partial charge >= 0.3 is 0 Å². The van der Waals surface area contributed by atoms with Gasteiger partial charge < -0.3 is 5.11 Å². The van der Waals surface area contributed by atoms with Crippen LogP contribution in [0, 0.1) is 0 Å². The van der Waals surface area contributed by atoms with Crippen molar-refractivity contribution in [1.82, 2.24) is 9.30 Å². The average Bonchev–Trinajstić information content (AvgIpc) is 2.66. The van der Waals surface area contributed by atoms with Crippen molar-refractivity contribution >= 4 is 21.8 Å². The molecule has 0 amide bonds. The minimum Gasteiger partial charge on any atom is -0.390 e. The van der Waals surface area contributed by atoms with Gasteiger partial charge in [-0.05, 0) is 56.7 Å². The Balaban J connectivity index is 2.23. The fourth-order valence-electron chi connectivity index (χ4n) is 2.60. The first-order valence-electron chi connectivity index (χ1n) is 8.98. The van der Waals surface area contributed by atoms with E-state index < -0.39 is 27.8 Å². The molecule has 2 N–H and O–H groups in total. The number of halogens is 1. The zero-order chi connectivity index (χ0) is 20.8. The van der Waals surface area contributed by atoms with E-state index in [-0.39, 0.29) is 11.4 Å². The standard InChI is InChI=1S/C20H27ClN2O4S/c1-20(2,3)27-23(28(25,26)17-12-8-5-9-13-17)15-19(24)18(22-21)14-16-10-6-4-7-11-16/h4-13,18-19,22,24H,14-15H2,1-3H3/t18-,19+/m0/s1. The van der Waals surface area contributed by atoms with E-state index in [1.54, 1.807) is 39.0 Å². The van der Waals surface area contributed by atoms with Crippen molar-refractivity contribution in [2.75, 3.05) is 6.54 Å². The van der Waals surface area contributed by atoms with E-state index in [0.29, 0.717) is 6.42 Å². The quantitative estimate of drug-likeness (QED) is 0.475. The number of hydrogen-bond donors (Lipinski definition) is 2. The molecule has 0 fully saturated rings. The Hall–Kier alpha value is -1.48. The molecule has 2 aromatic rings. The molecule has 0 heterocycles. The number of rotatable bonds is 9. The van der Waals surface area contributed by atoms with Crippen molar-refractivity contribution in [2.45, 2.75) is 49.8 Å². The number of nitrogens with one attached hydrogen (secondary N) is 1. The van der Waals surface area contributed by atoms with Gasteiger partial charge in [-0.3, -0.25) is 4.84 Å². The first kappa shape index (κ1) is 22.8. The topological polar surface area (TPSA) is 78.9 Å². The van der Waals surface area contributed by atoms with E-state index in [4.69, 9.17) is 16.6 Å². The van der Waals surface area contributed by atoms with Crippen LogP contribution < -0.4 is 4.84 Å². The van der Waals surface area contributed by atoms with Crippen LogP contribution >= 0.6 is 11.8 Å². The first-order chi connectivity index (χ1) is 13.1. The first-order valence-corrected chi connectivity index (χ1v) is 10.8. The summed E-state index contributed by atoms with van der Waals surface area (Å²) >= 11 is 5.84. The molecule has 0 unspecified atom stereocenters. The highest BCUT2D eigenvalue weighted by atomic mass is 35.5. The third-order valence-corrected chi connectivity index (χ3v) is 5.83.